The molecule has 1 aromatic carbocycles. The minimum atomic E-state index is -1.12. The monoisotopic (exact) mass is 343 g/mol. The molecule has 0 spiro atoms. The molecule has 132 valence electrons. The van der Waals surface area contributed by atoms with E-state index in [1.807, 2.05) is 24.3 Å². The van der Waals surface area contributed by atoms with Crippen molar-refractivity contribution in [1.82, 2.24) is 15.5 Å². The molecule has 0 aliphatic heterocycles. The van der Waals surface area contributed by atoms with Gasteiger partial charge in [-0.3, -0.25) is 9.89 Å². The Balaban J connectivity index is 1.85. The Morgan fingerprint density at radius 2 is 1.92 bits per heavy atom. The van der Waals surface area contributed by atoms with Crippen LogP contribution in [0.15, 0.2) is 24.3 Å². The fourth-order valence-electron chi connectivity index (χ4n) is 3.19. The van der Waals surface area contributed by atoms with Crippen LogP contribution in [-0.2, 0) is 15.0 Å². The van der Waals surface area contributed by atoms with E-state index in [-0.39, 0.29) is 5.91 Å². The van der Waals surface area contributed by atoms with Crippen LogP contribution in [-0.4, -0.2) is 34.3 Å². The summed E-state index contributed by atoms with van der Waals surface area (Å²) in [6.07, 6.45) is 1.39. The first-order chi connectivity index (χ1) is 11.9. The second-order valence-corrected chi connectivity index (χ2v) is 6.40. The van der Waals surface area contributed by atoms with Gasteiger partial charge < -0.3 is 15.2 Å². The first-order valence-corrected chi connectivity index (χ1v) is 8.09. The van der Waals surface area contributed by atoms with Gasteiger partial charge in [0.1, 0.15) is 5.75 Å². The number of carboxylic acid groups (broad SMARTS) is 1. The van der Waals surface area contributed by atoms with Crippen molar-refractivity contribution in [3.63, 3.8) is 0 Å². The molecule has 1 atom stereocenters. The molecule has 0 bridgehead atoms. The first kappa shape index (κ1) is 17.0. The number of methoxy groups -OCH3 is 1. The van der Waals surface area contributed by atoms with Crippen molar-refractivity contribution in [2.75, 3.05) is 7.11 Å². The zero-order chi connectivity index (χ0) is 18.2. The van der Waals surface area contributed by atoms with Crippen molar-refractivity contribution >= 4 is 11.9 Å². The molecule has 1 saturated carbocycles. The zero-order valence-corrected chi connectivity index (χ0v) is 14.4. The number of aliphatic carboxylic acids is 1. The minimum Gasteiger partial charge on any atom is -0.497 e. The van der Waals surface area contributed by atoms with Crippen LogP contribution >= 0.6 is 0 Å². The number of hydrogen-bond donors (Lipinski definition) is 3. The predicted molar refractivity (Wildman–Crippen MR) is 90.5 cm³/mol. The van der Waals surface area contributed by atoms with Gasteiger partial charge in [0.15, 0.2) is 6.04 Å². The first-order valence-electron chi connectivity index (χ1n) is 8.09. The van der Waals surface area contributed by atoms with Gasteiger partial charge in [0.2, 0.25) is 5.91 Å². The number of nitrogens with one attached hydrogen (secondary N) is 2. The largest absolute Gasteiger partial charge is 0.497 e. The lowest BCUT2D eigenvalue weighted by Crippen LogP contribution is -2.40. The fourth-order valence-corrected chi connectivity index (χ4v) is 3.19. The molecule has 25 heavy (non-hydrogen) atoms. The maximum atomic E-state index is 12.9. The second-order valence-electron chi connectivity index (χ2n) is 6.40. The van der Waals surface area contributed by atoms with E-state index in [1.54, 1.807) is 21.0 Å². The summed E-state index contributed by atoms with van der Waals surface area (Å²) in [5, 5.41) is 19.1. The summed E-state index contributed by atoms with van der Waals surface area (Å²) in [6, 6.07) is 6.20. The summed E-state index contributed by atoms with van der Waals surface area (Å²) in [5.74, 6) is -0.662. The molecule has 1 aliphatic carbocycles. The molecule has 1 aliphatic rings. The highest BCUT2D eigenvalue weighted by Gasteiger charge is 2.52. The third-order valence-electron chi connectivity index (χ3n) is 4.82. The Morgan fingerprint density at radius 1 is 1.28 bits per heavy atom. The smallest absolute Gasteiger partial charge is 0.331 e. The number of H-pyrrole nitrogens is 1. The molecule has 0 saturated heterocycles. The Hall–Kier alpha value is -2.83. The number of carbonyl (C=O) groups is 2. The molecule has 0 radical (unpaired) electrons. The second kappa shape index (κ2) is 6.23. The Labute approximate surface area is 145 Å². The predicted octanol–water partition coefficient (Wildman–Crippen LogP) is 2.01. The number of aryl methyl sites for hydroxylation is 2. The highest BCUT2D eigenvalue weighted by atomic mass is 16.5. The van der Waals surface area contributed by atoms with Crippen molar-refractivity contribution in [3.05, 3.63) is 46.8 Å². The molecule has 1 unspecified atom stereocenters. The van der Waals surface area contributed by atoms with E-state index in [9.17, 15) is 14.7 Å². The van der Waals surface area contributed by atoms with Crippen molar-refractivity contribution in [1.29, 1.82) is 0 Å². The van der Waals surface area contributed by atoms with Crippen LogP contribution in [0.1, 0.15) is 41.4 Å². The van der Waals surface area contributed by atoms with Crippen LogP contribution in [0, 0.1) is 13.8 Å². The number of benzene rings is 1. The molecule has 7 heteroatoms. The fraction of sp³-hybridized carbons (Fsp3) is 0.389. The Bertz CT molecular complexity index is 787. The van der Waals surface area contributed by atoms with Gasteiger partial charge in [-0.1, -0.05) is 12.1 Å². The minimum absolute atomic E-state index is 0.273. The molecule has 1 amide bonds. The van der Waals surface area contributed by atoms with E-state index in [1.165, 1.54) is 0 Å². The number of aromatic amines is 1. The number of carbonyl (C=O) groups excluding carboxylic acids is 1. The summed E-state index contributed by atoms with van der Waals surface area (Å²) >= 11 is 0. The summed E-state index contributed by atoms with van der Waals surface area (Å²) in [7, 11) is 1.58. The number of nitrogens with zero attached hydrogens (tertiary/aromatic N) is 1. The van der Waals surface area contributed by atoms with E-state index in [4.69, 9.17) is 4.74 Å². The molecule has 7 nitrogen and oxygen atoms in total. The molecular weight excluding hydrogens is 322 g/mol. The normalized spacial score (nSPS) is 16.1. The van der Waals surface area contributed by atoms with Crippen LogP contribution in [0.4, 0.5) is 0 Å². The van der Waals surface area contributed by atoms with E-state index < -0.39 is 17.4 Å². The van der Waals surface area contributed by atoms with E-state index >= 15 is 0 Å². The van der Waals surface area contributed by atoms with Gasteiger partial charge >= 0.3 is 5.97 Å². The number of ether oxygens (including phenoxy) is 1. The van der Waals surface area contributed by atoms with Gasteiger partial charge in [0.25, 0.3) is 0 Å². The molecule has 1 heterocycles. The summed E-state index contributed by atoms with van der Waals surface area (Å²) in [6.45, 7) is 3.46. The van der Waals surface area contributed by atoms with Crippen molar-refractivity contribution < 1.29 is 19.4 Å². The van der Waals surface area contributed by atoms with Crippen molar-refractivity contribution in [3.8, 4) is 5.75 Å². The van der Waals surface area contributed by atoms with Gasteiger partial charge in [-0.25, -0.2) is 4.79 Å². The molecule has 1 aromatic heterocycles. The summed E-state index contributed by atoms with van der Waals surface area (Å²) in [4.78, 5) is 24.6. The standard InChI is InChI=1S/C18H21N3O4/c1-10-14(11(2)21-20-10)15(16(22)23)19-17(24)18(8-9-18)12-4-6-13(25-3)7-5-12/h4-7,15H,8-9H2,1-3H3,(H,19,24)(H,20,21)(H,22,23). The van der Waals surface area contributed by atoms with Gasteiger partial charge in [-0.15, -0.1) is 0 Å². The van der Waals surface area contributed by atoms with Crippen molar-refractivity contribution in [2.45, 2.75) is 38.1 Å². The molecular formula is C18H21N3O4. The van der Waals surface area contributed by atoms with Gasteiger partial charge in [-0.05, 0) is 44.4 Å². The SMILES string of the molecule is COc1ccc(C2(C(=O)NC(C(=O)O)c3c(C)n[nH]c3C)CC2)cc1. The van der Waals surface area contributed by atoms with Crippen LogP contribution in [0.2, 0.25) is 0 Å². The molecule has 3 rings (SSSR count). The number of aromatic nitrogens is 2. The Kier molecular flexibility index (Phi) is 4.24. The number of hydrogen-bond acceptors (Lipinski definition) is 4. The van der Waals surface area contributed by atoms with E-state index in [2.05, 4.69) is 15.5 Å². The van der Waals surface area contributed by atoms with Crippen LogP contribution in [0.5, 0.6) is 5.75 Å². The lowest BCUT2D eigenvalue weighted by atomic mass is 9.93. The lowest BCUT2D eigenvalue weighted by molar-refractivity contribution is -0.142. The zero-order valence-electron chi connectivity index (χ0n) is 14.4. The number of carboxylic acids is 1. The number of amides is 1. The molecule has 3 N–H and O–H groups in total. The highest BCUT2D eigenvalue weighted by molar-refractivity contribution is 5.94. The molecule has 2 aromatic rings. The van der Waals surface area contributed by atoms with Crippen molar-refractivity contribution in [2.24, 2.45) is 0 Å². The maximum absolute atomic E-state index is 12.9. The third kappa shape index (κ3) is 2.97. The van der Waals surface area contributed by atoms with Gasteiger partial charge in [0, 0.05) is 11.3 Å². The Morgan fingerprint density at radius 3 is 2.36 bits per heavy atom. The number of rotatable bonds is 6. The topological polar surface area (TPSA) is 104 Å². The average Bonchev–Trinajstić information content (AvgIpc) is 3.35. The van der Waals surface area contributed by atoms with E-state index in [0.29, 0.717) is 35.5 Å². The summed E-state index contributed by atoms with van der Waals surface area (Å²) < 4.78 is 5.15. The van der Waals surface area contributed by atoms with E-state index in [0.717, 1.165) is 5.56 Å². The molecule has 1 fully saturated rings. The van der Waals surface area contributed by atoms with Crippen LogP contribution in [0.3, 0.4) is 0 Å². The quantitative estimate of drug-likeness (QED) is 0.744. The maximum Gasteiger partial charge on any atom is 0.331 e. The average molecular weight is 343 g/mol. The van der Waals surface area contributed by atoms with Crippen LogP contribution in [0.25, 0.3) is 0 Å². The van der Waals surface area contributed by atoms with Gasteiger partial charge in [0.05, 0.1) is 18.2 Å². The van der Waals surface area contributed by atoms with Gasteiger partial charge in [-0.2, -0.15) is 5.10 Å². The third-order valence-corrected chi connectivity index (χ3v) is 4.82. The highest BCUT2D eigenvalue weighted by Crippen LogP contribution is 2.49. The van der Waals surface area contributed by atoms with Crippen LogP contribution < -0.4 is 10.1 Å². The lowest BCUT2D eigenvalue weighted by Gasteiger charge is -2.21. The summed E-state index contributed by atoms with van der Waals surface area (Å²) in [5.41, 5.74) is 1.92.